The molecule has 1 aromatic heterocycles. The van der Waals surface area contributed by atoms with Gasteiger partial charge in [0.1, 0.15) is 12.1 Å². The third kappa shape index (κ3) is 4.43. The van der Waals surface area contributed by atoms with E-state index in [-0.39, 0.29) is 25.3 Å². The highest BCUT2D eigenvalue weighted by atomic mass is 16.2. The van der Waals surface area contributed by atoms with Crippen molar-refractivity contribution in [3.8, 4) is 0 Å². The Morgan fingerprint density at radius 2 is 2.04 bits per heavy atom. The largest absolute Gasteiger partial charge is 0.368 e. The monoisotopic (exact) mass is 371 g/mol. The number of rotatable bonds is 7. The Morgan fingerprint density at radius 3 is 2.74 bits per heavy atom. The number of H-pyrrole nitrogens is 1. The van der Waals surface area contributed by atoms with Gasteiger partial charge in [-0.1, -0.05) is 18.2 Å². The van der Waals surface area contributed by atoms with Crippen molar-refractivity contribution in [3.05, 3.63) is 36.0 Å². The smallest absolute Gasteiger partial charge is 0.243 e. The van der Waals surface area contributed by atoms with Crippen LogP contribution in [0.3, 0.4) is 0 Å². The van der Waals surface area contributed by atoms with Gasteiger partial charge in [0.25, 0.3) is 0 Å². The highest BCUT2D eigenvalue weighted by molar-refractivity contribution is 5.95. The minimum Gasteiger partial charge on any atom is -0.368 e. The van der Waals surface area contributed by atoms with Crippen molar-refractivity contribution < 1.29 is 19.2 Å². The number of carbonyl (C=O) groups is 4. The van der Waals surface area contributed by atoms with Crippen LogP contribution in [0.15, 0.2) is 30.5 Å². The molecule has 2 aromatic rings. The van der Waals surface area contributed by atoms with Crippen LogP contribution in [0.4, 0.5) is 0 Å². The Kier molecular flexibility index (Phi) is 5.39. The van der Waals surface area contributed by atoms with E-state index in [0.29, 0.717) is 6.42 Å². The molecule has 1 aliphatic rings. The van der Waals surface area contributed by atoms with Crippen LogP contribution in [0.1, 0.15) is 18.4 Å². The second kappa shape index (κ2) is 7.90. The molecule has 9 nitrogen and oxygen atoms in total. The minimum absolute atomic E-state index is 0.193. The molecule has 142 valence electrons. The number of fused-ring (bicyclic) bond motifs is 1. The maximum atomic E-state index is 12.5. The molecule has 1 aromatic carbocycles. The number of nitrogens with two attached hydrogens (primary N) is 1. The zero-order valence-corrected chi connectivity index (χ0v) is 14.6. The summed E-state index contributed by atoms with van der Waals surface area (Å²) in [5.74, 6) is -1.82. The van der Waals surface area contributed by atoms with Crippen LogP contribution in [0.25, 0.3) is 10.9 Å². The molecule has 3 rings (SSSR count). The number of amides is 4. The number of hydrogen-bond acceptors (Lipinski definition) is 4. The van der Waals surface area contributed by atoms with E-state index in [2.05, 4.69) is 20.9 Å². The van der Waals surface area contributed by atoms with Gasteiger partial charge in [0.2, 0.25) is 23.6 Å². The van der Waals surface area contributed by atoms with E-state index in [0.717, 1.165) is 16.5 Å². The number of carbonyl (C=O) groups excluding carboxylic acids is 4. The average Bonchev–Trinajstić information content (AvgIpc) is 3.25. The van der Waals surface area contributed by atoms with Gasteiger partial charge < -0.3 is 26.7 Å². The molecule has 1 saturated heterocycles. The number of benzene rings is 1. The summed E-state index contributed by atoms with van der Waals surface area (Å²) in [6, 6.07) is 6.03. The molecular formula is C18H21N5O4. The number of aromatic nitrogens is 1. The molecule has 2 heterocycles. The maximum absolute atomic E-state index is 12.5. The van der Waals surface area contributed by atoms with Gasteiger partial charge >= 0.3 is 0 Å². The maximum Gasteiger partial charge on any atom is 0.243 e. The Morgan fingerprint density at radius 1 is 1.26 bits per heavy atom. The van der Waals surface area contributed by atoms with Crippen LogP contribution in [0, 0.1) is 0 Å². The Labute approximate surface area is 155 Å². The lowest BCUT2D eigenvalue weighted by molar-refractivity contribution is -0.131. The van der Waals surface area contributed by atoms with Crippen molar-refractivity contribution in [3.63, 3.8) is 0 Å². The zero-order valence-electron chi connectivity index (χ0n) is 14.6. The van der Waals surface area contributed by atoms with Gasteiger partial charge in [0.05, 0.1) is 6.54 Å². The predicted octanol–water partition coefficient (Wildman–Crippen LogP) is -0.925. The molecule has 4 amide bonds. The lowest BCUT2D eigenvalue weighted by atomic mass is 10.0. The molecule has 0 radical (unpaired) electrons. The Bertz CT molecular complexity index is 891. The summed E-state index contributed by atoms with van der Waals surface area (Å²) in [5, 5.41) is 8.61. The molecule has 6 N–H and O–H groups in total. The van der Waals surface area contributed by atoms with Gasteiger partial charge in [-0.15, -0.1) is 0 Å². The molecule has 2 atom stereocenters. The van der Waals surface area contributed by atoms with Crippen LogP contribution < -0.4 is 21.7 Å². The van der Waals surface area contributed by atoms with Crippen molar-refractivity contribution in [2.45, 2.75) is 31.3 Å². The lowest BCUT2D eigenvalue weighted by Gasteiger charge is -2.20. The first-order valence-electron chi connectivity index (χ1n) is 8.65. The predicted molar refractivity (Wildman–Crippen MR) is 97.3 cm³/mol. The normalized spacial score (nSPS) is 17.3. The van der Waals surface area contributed by atoms with E-state index in [9.17, 15) is 19.2 Å². The second-order valence-electron chi connectivity index (χ2n) is 6.47. The lowest BCUT2D eigenvalue weighted by Crippen LogP contribution is -2.53. The number of hydrogen-bond donors (Lipinski definition) is 5. The fourth-order valence-corrected chi connectivity index (χ4v) is 3.11. The van der Waals surface area contributed by atoms with Crippen molar-refractivity contribution in [2.75, 3.05) is 6.54 Å². The standard InChI is InChI=1S/C18H21N5O4/c19-15(24)9-21-17(26)14(23-18(27)13-5-6-16(25)22-13)7-10-8-20-12-4-2-1-3-11(10)12/h1-4,8,13-14,20H,5-7,9H2,(H2,19,24)(H,21,26)(H,22,25)(H,23,27)/t13-,14-/m0/s1. The fraction of sp³-hybridized carbons (Fsp3) is 0.333. The van der Waals surface area contributed by atoms with Crippen LogP contribution in [0.2, 0.25) is 0 Å². The second-order valence-corrected chi connectivity index (χ2v) is 6.47. The van der Waals surface area contributed by atoms with Gasteiger partial charge in [-0.05, 0) is 18.1 Å². The molecule has 0 unspecified atom stereocenters. The highest BCUT2D eigenvalue weighted by Crippen LogP contribution is 2.19. The molecule has 1 aliphatic heterocycles. The first kappa shape index (κ1) is 18.4. The topological polar surface area (TPSA) is 146 Å². The van der Waals surface area contributed by atoms with Crippen molar-refractivity contribution in [2.24, 2.45) is 5.73 Å². The molecule has 1 fully saturated rings. The molecule has 9 heteroatoms. The van der Waals surface area contributed by atoms with E-state index in [1.165, 1.54) is 0 Å². The van der Waals surface area contributed by atoms with E-state index >= 15 is 0 Å². The Balaban J connectivity index is 1.76. The van der Waals surface area contributed by atoms with Crippen LogP contribution in [-0.2, 0) is 25.6 Å². The quantitative estimate of drug-likeness (QED) is 0.428. The third-order valence-corrected chi connectivity index (χ3v) is 4.48. The first-order chi connectivity index (χ1) is 12.9. The number of primary amides is 1. The van der Waals surface area contributed by atoms with Crippen LogP contribution in [0.5, 0.6) is 0 Å². The summed E-state index contributed by atoms with van der Waals surface area (Å²) >= 11 is 0. The first-order valence-corrected chi connectivity index (χ1v) is 8.65. The van der Waals surface area contributed by atoms with Crippen LogP contribution in [-0.4, -0.2) is 47.2 Å². The average molecular weight is 371 g/mol. The van der Waals surface area contributed by atoms with E-state index in [4.69, 9.17) is 5.73 Å². The van der Waals surface area contributed by atoms with Crippen molar-refractivity contribution >= 4 is 34.5 Å². The van der Waals surface area contributed by atoms with Crippen molar-refractivity contribution in [1.82, 2.24) is 20.9 Å². The minimum atomic E-state index is -0.909. The van der Waals surface area contributed by atoms with Gasteiger partial charge in [-0.2, -0.15) is 0 Å². The molecule has 0 saturated carbocycles. The van der Waals surface area contributed by atoms with Crippen molar-refractivity contribution in [1.29, 1.82) is 0 Å². The molecule has 27 heavy (non-hydrogen) atoms. The zero-order chi connectivity index (χ0) is 19.4. The molecule has 0 bridgehead atoms. The van der Waals surface area contributed by atoms with Gasteiger partial charge in [-0.25, -0.2) is 0 Å². The van der Waals surface area contributed by atoms with E-state index in [1.54, 1.807) is 6.20 Å². The number of para-hydroxylation sites is 1. The summed E-state index contributed by atoms with van der Waals surface area (Å²) in [6.45, 7) is -0.320. The van der Waals surface area contributed by atoms with Gasteiger partial charge in [0.15, 0.2) is 0 Å². The summed E-state index contributed by atoms with van der Waals surface area (Å²) in [4.78, 5) is 50.3. The SMILES string of the molecule is NC(=O)CNC(=O)[C@H](Cc1c[nH]c2ccccc12)NC(=O)[C@@H]1CCC(=O)N1. The summed E-state index contributed by atoms with van der Waals surface area (Å²) in [5.41, 5.74) is 6.84. The van der Waals surface area contributed by atoms with Gasteiger partial charge in [-0.3, -0.25) is 19.2 Å². The number of nitrogens with one attached hydrogen (secondary N) is 4. The summed E-state index contributed by atoms with van der Waals surface area (Å²) in [7, 11) is 0. The van der Waals surface area contributed by atoms with E-state index in [1.807, 2.05) is 24.3 Å². The molecular weight excluding hydrogens is 350 g/mol. The van der Waals surface area contributed by atoms with E-state index < -0.39 is 29.8 Å². The third-order valence-electron chi connectivity index (χ3n) is 4.48. The fourth-order valence-electron chi connectivity index (χ4n) is 3.11. The molecule has 0 spiro atoms. The highest BCUT2D eigenvalue weighted by Gasteiger charge is 2.31. The van der Waals surface area contributed by atoms with Gasteiger partial charge in [0, 0.05) is 29.9 Å². The summed E-state index contributed by atoms with van der Waals surface area (Å²) < 4.78 is 0. The molecule has 0 aliphatic carbocycles. The Hall–Kier alpha value is -3.36. The van der Waals surface area contributed by atoms with Crippen LogP contribution >= 0.6 is 0 Å². The summed E-state index contributed by atoms with van der Waals surface area (Å²) in [6.07, 6.45) is 2.66. The number of aromatic amines is 1.